The van der Waals surface area contributed by atoms with E-state index in [1.54, 1.807) is 29.2 Å². The highest BCUT2D eigenvalue weighted by Crippen LogP contribution is 2.18. The lowest BCUT2D eigenvalue weighted by molar-refractivity contribution is 0.0773. The first-order valence-corrected chi connectivity index (χ1v) is 6.92. The quantitative estimate of drug-likeness (QED) is 0.421. The lowest BCUT2D eigenvalue weighted by Crippen LogP contribution is -2.30. The first kappa shape index (κ1) is 17.2. The van der Waals surface area contributed by atoms with Crippen molar-refractivity contribution in [1.82, 2.24) is 4.90 Å². The number of nitrogens with two attached hydrogens (primary N) is 1. The van der Waals surface area contributed by atoms with Gasteiger partial charge >= 0.3 is 0 Å². The number of aryl methyl sites for hydroxylation is 1. The van der Waals surface area contributed by atoms with Crippen LogP contribution in [0.15, 0.2) is 23.3 Å². The molecule has 0 aliphatic carbocycles. The van der Waals surface area contributed by atoms with Crippen molar-refractivity contribution >= 4 is 23.1 Å². The molecule has 0 saturated heterocycles. The number of nitriles is 1. The van der Waals surface area contributed by atoms with E-state index in [1.807, 2.05) is 20.8 Å². The van der Waals surface area contributed by atoms with Crippen LogP contribution in [0.25, 0.3) is 0 Å². The number of benzene rings is 1. The molecule has 1 aromatic carbocycles. The molecule has 0 saturated carbocycles. The fourth-order valence-corrected chi connectivity index (χ4v) is 1.88. The number of rotatable bonds is 6. The molecule has 0 unspecified atom stereocenters. The summed E-state index contributed by atoms with van der Waals surface area (Å²) in [6.45, 7) is 7.01. The second kappa shape index (κ2) is 7.78. The molecule has 116 valence electrons. The summed E-state index contributed by atoms with van der Waals surface area (Å²) in [6, 6.07) is 6.90. The van der Waals surface area contributed by atoms with Crippen LogP contribution in [-0.4, -0.2) is 35.4 Å². The Morgan fingerprint density at radius 1 is 1.45 bits per heavy atom. The molecule has 0 fully saturated rings. The second-order valence-corrected chi connectivity index (χ2v) is 4.60. The van der Waals surface area contributed by atoms with E-state index in [2.05, 4.69) is 10.5 Å². The van der Waals surface area contributed by atoms with Crippen LogP contribution in [-0.2, 0) is 0 Å². The van der Waals surface area contributed by atoms with Crippen molar-refractivity contribution in [3.05, 3.63) is 29.3 Å². The van der Waals surface area contributed by atoms with Gasteiger partial charge in [0.1, 0.15) is 6.07 Å². The molecule has 0 radical (unpaired) electrons. The minimum absolute atomic E-state index is 0.0235. The van der Waals surface area contributed by atoms with Gasteiger partial charge in [-0.2, -0.15) is 10.4 Å². The molecule has 0 aromatic heterocycles. The minimum Gasteiger partial charge on any atom is -0.382 e. The highest BCUT2D eigenvalue weighted by molar-refractivity contribution is 6.45. The second-order valence-electron chi connectivity index (χ2n) is 4.60. The van der Waals surface area contributed by atoms with Crippen molar-refractivity contribution in [3.63, 3.8) is 0 Å². The van der Waals surface area contributed by atoms with E-state index >= 15 is 0 Å². The highest BCUT2D eigenvalue weighted by atomic mass is 16.2. The van der Waals surface area contributed by atoms with Crippen LogP contribution >= 0.6 is 0 Å². The molecule has 0 atom stereocenters. The zero-order chi connectivity index (χ0) is 16.7. The van der Waals surface area contributed by atoms with Crippen LogP contribution < -0.4 is 11.2 Å². The maximum Gasteiger partial charge on any atom is 0.253 e. The van der Waals surface area contributed by atoms with Gasteiger partial charge in [0.05, 0.1) is 5.69 Å². The zero-order valence-corrected chi connectivity index (χ0v) is 13.0. The van der Waals surface area contributed by atoms with E-state index < -0.39 is 5.84 Å². The Morgan fingerprint density at radius 3 is 2.55 bits per heavy atom. The molecule has 0 aliphatic heterocycles. The summed E-state index contributed by atoms with van der Waals surface area (Å²) in [4.78, 5) is 14.0. The lowest BCUT2D eigenvalue weighted by Gasteiger charge is -2.19. The number of amidine groups is 1. The van der Waals surface area contributed by atoms with Crippen molar-refractivity contribution < 1.29 is 4.79 Å². The average molecular weight is 300 g/mol. The van der Waals surface area contributed by atoms with Gasteiger partial charge in [0.2, 0.25) is 5.71 Å². The Hall–Kier alpha value is -2.88. The van der Waals surface area contributed by atoms with Crippen LogP contribution in [0.4, 0.5) is 5.69 Å². The molecule has 1 aromatic rings. The van der Waals surface area contributed by atoms with Gasteiger partial charge in [0, 0.05) is 18.7 Å². The fourth-order valence-electron chi connectivity index (χ4n) is 1.88. The molecule has 1 amide bonds. The third-order valence-electron chi connectivity index (χ3n) is 3.17. The summed E-state index contributed by atoms with van der Waals surface area (Å²) in [6.07, 6.45) is 0. The number of carbonyl (C=O) groups is 1. The Labute approximate surface area is 129 Å². The molecule has 0 bridgehead atoms. The number of hydrogen-bond acceptors (Lipinski definition) is 5. The number of nitrogens with zero attached hydrogens (tertiary/aromatic N) is 3. The Morgan fingerprint density at radius 2 is 2.09 bits per heavy atom. The number of hydrazone groups is 1. The van der Waals surface area contributed by atoms with Crippen LogP contribution in [0.1, 0.15) is 29.8 Å². The van der Waals surface area contributed by atoms with Crippen LogP contribution in [0.3, 0.4) is 0 Å². The average Bonchev–Trinajstić information content (AvgIpc) is 2.49. The van der Waals surface area contributed by atoms with Gasteiger partial charge < -0.3 is 10.6 Å². The van der Waals surface area contributed by atoms with Crippen molar-refractivity contribution in [2.75, 3.05) is 18.5 Å². The smallest absolute Gasteiger partial charge is 0.253 e. The van der Waals surface area contributed by atoms with Gasteiger partial charge in [-0.05, 0) is 44.5 Å². The topological polar surface area (TPSA) is 118 Å². The fraction of sp³-hybridized carbons (Fsp3) is 0.333. The van der Waals surface area contributed by atoms with Gasteiger partial charge in [-0.3, -0.25) is 15.6 Å². The van der Waals surface area contributed by atoms with Gasteiger partial charge in [0.25, 0.3) is 5.91 Å². The maximum absolute atomic E-state index is 12.3. The first-order chi connectivity index (χ1) is 10.4. The standard InChI is InChI=1S/C15H20N6O/c1-4-21(5-2)15(22)11-6-7-12(10(3)8-11)19-20-13(9-16)14(17)18/h6-8,19H,4-5H2,1-3H3,(H3,17,18)/b20-13+. The minimum atomic E-state index is -0.402. The zero-order valence-electron chi connectivity index (χ0n) is 13.0. The summed E-state index contributed by atoms with van der Waals surface area (Å²) in [5, 5.41) is 19.7. The number of carbonyl (C=O) groups excluding carboxylic acids is 1. The predicted octanol–water partition coefficient (Wildman–Crippen LogP) is 1.70. The Balaban J connectivity index is 2.98. The Bertz CT molecular complexity index is 640. The molecule has 0 spiro atoms. The van der Waals surface area contributed by atoms with Gasteiger partial charge in [-0.1, -0.05) is 0 Å². The number of hydrogen-bond donors (Lipinski definition) is 3. The van der Waals surface area contributed by atoms with E-state index in [0.717, 1.165) is 5.56 Å². The van der Waals surface area contributed by atoms with E-state index in [9.17, 15) is 4.79 Å². The number of nitrogens with one attached hydrogen (secondary N) is 2. The highest BCUT2D eigenvalue weighted by Gasteiger charge is 2.13. The summed E-state index contributed by atoms with van der Waals surface area (Å²) in [5.41, 5.74) is 9.76. The van der Waals surface area contributed by atoms with Crippen molar-refractivity contribution in [2.24, 2.45) is 10.8 Å². The molecule has 7 heteroatoms. The van der Waals surface area contributed by atoms with Gasteiger partial charge in [0.15, 0.2) is 5.84 Å². The molecule has 0 aliphatic rings. The molecule has 0 heterocycles. The summed E-state index contributed by atoms with van der Waals surface area (Å²) in [7, 11) is 0. The predicted molar refractivity (Wildman–Crippen MR) is 87.0 cm³/mol. The van der Waals surface area contributed by atoms with Crippen LogP contribution in [0.2, 0.25) is 0 Å². The monoisotopic (exact) mass is 300 g/mol. The van der Waals surface area contributed by atoms with E-state index in [1.165, 1.54) is 0 Å². The number of amides is 1. The molecule has 7 nitrogen and oxygen atoms in total. The Kier molecular flexibility index (Phi) is 6.08. The molecular weight excluding hydrogens is 280 g/mol. The normalized spacial score (nSPS) is 10.7. The third kappa shape index (κ3) is 4.06. The summed E-state index contributed by atoms with van der Waals surface area (Å²) >= 11 is 0. The SMILES string of the molecule is CCN(CC)C(=O)c1ccc(N/N=C(\C#N)C(=N)N)c(C)c1. The first-order valence-electron chi connectivity index (χ1n) is 6.92. The lowest BCUT2D eigenvalue weighted by atomic mass is 10.1. The van der Waals surface area contributed by atoms with Crippen molar-refractivity contribution in [3.8, 4) is 6.07 Å². The van der Waals surface area contributed by atoms with E-state index in [0.29, 0.717) is 24.3 Å². The molecule has 4 N–H and O–H groups in total. The largest absolute Gasteiger partial charge is 0.382 e. The molecule has 1 rings (SSSR count). The van der Waals surface area contributed by atoms with Crippen molar-refractivity contribution in [1.29, 1.82) is 10.7 Å². The molecule has 22 heavy (non-hydrogen) atoms. The van der Waals surface area contributed by atoms with Crippen LogP contribution in [0.5, 0.6) is 0 Å². The maximum atomic E-state index is 12.3. The summed E-state index contributed by atoms with van der Waals surface area (Å²) < 4.78 is 0. The number of anilines is 1. The molecular formula is C15H20N6O. The van der Waals surface area contributed by atoms with Gasteiger partial charge in [-0.15, -0.1) is 0 Å². The third-order valence-corrected chi connectivity index (χ3v) is 3.17. The van der Waals surface area contributed by atoms with E-state index in [-0.39, 0.29) is 11.6 Å². The van der Waals surface area contributed by atoms with Gasteiger partial charge in [-0.25, -0.2) is 0 Å². The van der Waals surface area contributed by atoms with Crippen molar-refractivity contribution in [2.45, 2.75) is 20.8 Å². The van der Waals surface area contributed by atoms with E-state index in [4.69, 9.17) is 16.4 Å². The summed E-state index contributed by atoms with van der Waals surface area (Å²) in [5.74, 6) is -0.425. The van der Waals surface area contributed by atoms with Crippen LogP contribution in [0, 0.1) is 23.7 Å².